The molecule has 1 aromatic heterocycles. The normalized spacial score (nSPS) is 12.8. The number of aliphatic hydroxyl groups excluding tert-OH is 1. The lowest BCUT2D eigenvalue weighted by molar-refractivity contribution is -0.274. The molecule has 0 bridgehead atoms. The highest BCUT2D eigenvalue weighted by atomic mass is 127. The first-order chi connectivity index (χ1) is 13.4. The second-order valence-corrected chi connectivity index (χ2v) is 7.13. The van der Waals surface area contributed by atoms with Crippen LogP contribution in [0, 0.1) is 5.92 Å². The van der Waals surface area contributed by atoms with E-state index in [0.717, 1.165) is 10.4 Å². The van der Waals surface area contributed by atoms with E-state index >= 15 is 0 Å². The Hall–Kier alpha value is -1.53. The standard InChI is InChI=1S/C19H24F3N3O2S.HI/c1-2-23-18(25-12-17-4-3-9-28-17)24-11-15(13-26)10-14-5-7-16(8-6-14)27-19(20,21)22;/h3-9,15,26H,2,10-13H2,1H3,(H2,23,24,25);1H. The van der Waals surface area contributed by atoms with E-state index in [1.54, 1.807) is 23.5 Å². The molecule has 0 aliphatic carbocycles. The van der Waals surface area contributed by atoms with Crippen LogP contribution < -0.4 is 15.4 Å². The summed E-state index contributed by atoms with van der Waals surface area (Å²) in [5, 5.41) is 18.0. The number of benzene rings is 1. The van der Waals surface area contributed by atoms with E-state index in [0.29, 0.717) is 32.0 Å². The molecule has 162 valence electrons. The maximum atomic E-state index is 12.2. The van der Waals surface area contributed by atoms with Crippen molar-refractivity contribution in [2.45, 2.75) is 26.3 Å². The van der Waals surface area contributed by atoms with Gasteiger partial charge in [-0.1, -0.05) is 18.2 Å². The SMILES string of the molecule is CCNC(=NCc1cccs1)NCC(CO)Cc1ccc(OC(F)(F)F)cc1.I. The zero-order chi connectivity index (χ0) is 20.4. The first-order valence-electron chi connectivity index (χ1n) is 8.89. The van der Waals surface area contributed by atoms with E-state index in [1.807, 2.05) is 24.4 Å². The summed E-state index contributed by atoms with van der Waals surface area (Å²) in [6.45, 7) is 3.67. The van der Waals surface area contributed by atoms with Gasteiger partial charge in [0, 0.05) is 30.5 Å². The molecule has 0 fully saturated rings. The predicted octanol–water partition coefficient (Wildman–Crippen LogP) is 4.17. The summed E-state index contributed by atoms with van der Waals surface area (Å²) in [6.07, 6.45) is -4.19. The fraction of sp³-hybridized carbons (Fsp3) is 0.421. The van der Waals surface area contributed by atoms with E-state index in [9.17, 15) is 18.3 Å². The van der Waals surface area contributed by atoms with Gasteiger partial charge in [0.1, 0.15) is 5.75 Å². The molecular weight excluding hydrogens is 518 g/mol. The number of alkyl halides is 3. The molecule has 0 spiro atoms. The van der Waals surface area contributed by atoms with Gasteiger partial charge >= 0.3 is 6.36 Å². The van der Waals surface area contributed by atoms with Crippen LogP contribution in [0.2, 0.25) is 0 Å². The van der Waals surface area contributed by atoms with Crippen LogP contribution >= 0.6 is 35.3 Å². The molecule has 1 aromatic carbocycles. The van der Waals surface area contributed by atoms with Crippen LogP contribution in [0.4, 0.5) is 13.2 Å². The Morgan fingerprint density at radius 1 is 1.21 bits per heavy atom. The highest BCUT2D eigenvalue weighted by molar-refractivity contribution is 14.0. The Morgan fingerprint density at radius 2 is 1.93 bits per heavy atom. The van der Waals surface area contributed by atoms with Crippen molar-refractivity contribution in [2.24, 2.45) is 10.9 Å². The molecule has 0 saturated heterocycles. The summed E-state index contributed by atoms with van der Waals surface area (Å²) in [5.41, 5.74) is 0.816. The summed E-state index contributed by atoms with van der Waals surface area (Å²) >= 11 is 1.63. The smallest absolute Gasteiger partial charge is 0.406 e. The molecule has 2 rings (SSSR count). The number of halogens is 4. The fourth-order valence-corrected chi connectivity index (χ4v) is 3.13. The Balaban J connectivity index is 0.00000420. The zero-order valence-corrected chi connectivity index (χ0v) is 19.1. The highest BCUT2D eigenvalue weighted by Gasteiger charge is 2.30. The lowest BCUT2D eigenvalue weighted by Gasteiger charge is -2.18. The topological polar surface area (TPSA) is 65.9 Å². The maximum absolute atomic E-state index is 12.2. The van der Waals surface area contributed by atoms with Gasteiger partial charge in [-0.3, -0.25) is 0 Å². The summed E-state index contributed by atoms with van der Waals surface area (Å²) in [6, 6.07) is 9.68. The van der Waals surface area contributed by atoms with Gasteiger partial charge in [0.2, 0.25) is 0 Å². The Labute approximate surface area is 189 Å². The monoisotopic (exact) mass is 543 g/mol. The molecule has 2 aromatic rings. The molecule has 0 radical (unpaired) electrons. The van der Waals surface area contributed by atoms with Crippen molar-refractivity contribution in [2.75, 3.05) is 19.7 Å². The number of aliphatic imine (C=N–C) groups is 1. The Morgan fingerprint density at radius 3 is 2.48 bits per heavy atom. The van der Waals surface area contributed by atoms with Gasteiger partial charge in [-0.15, -0.1) is 48.5 Å². The first-order valence-corrected chi connectivity index (χ1v) is 9.77. The first kappa shape index (κ1) is 25.5. The molecule has 1 heterocycles. The number of rotatable bonds is 9. The Bertz CT molecular complexity index is 725. The number of aliphatic hydroxyl groups is 1. The molecule has 10 heteroatoms. The van der Waals surface area contributed by atoms with Crippen molar-refractivity contribution in [1.29, 1.82) is 0 Å². The lowest BCUT2D eigenvalue weighted by atomic mass is 10.00. The van der Waals surface area contributed by atoms with Crippen molar-refractivity contribution in [3.05, 3.63) is 52.2 Å². The van der Waals surface area contributed by atoms with Crippen LogP contribution in [0.1, 0.15) is 17.4 Å². The number of guanidine groups is 1. The van der Waals surface area contributed by atoms with Gasteiger partial charge in [-0.25, -0.2) is 4.99 Å². The van der Waals surface area contributed by atoms with Gasteiger partial charge in [0.05, 0.1) is 6.54 Å². The molecule has 1 unspecified atom stereocenters. The van der Waals surface area contributed by atoms with Crippen molar-refractivity contribution >= 4 is 41.3 Å². The predicted molar refractivity (Wildman–Crippen MR) is 120 cm³/mol. The minimum atomic E-state index is -4.70. The molecule has 3 N–H and O–H groups in total. The molecule has 1 atom stereocenters. The van der Waals surface area contributed by atoms with Gasteiger partial charge in [-0.05, 0) is 42.5 Å². The van der Waals surface area contributed by atoms with Crippen molar-refractivity contribution in [1.82, 2.24) is 10.6 Å². The van der Waals surface area contributed by atoms with E-state index in [1.165, 1.54) is 12.1 Å². The van der Waals surface area contributed by atoms with E-state index in [2.05, 4.69) is 20.4 Å². The second-order valence-electron chi connectivity index (χ2n) is 6.10. The molecule has 0 amide bonds. The van der Waals surface area contributed by atoms with E-state index < -0.39 is 6.36 Å². The average molecular weight is 543 g/mol. The van der Waals surface area contributed by atoms with Crippen molar-refractivity contribution in [3.63, 3.8) is 0 Å². The van der Waals surface area contributed by atoms with Gasteiger partial charge < -0.3 is 20.5 Å². The van der Waals surface area contributed by atoms with Gasteiger partial charge in [0.25, 0.3) is 0 Å². The molecule has 0 saturated carbocycles. The van der Waals surface area contributed by atoms with Crippen LogP contribution in [0.25, 0.3) is 0 Å². The van der Waals surface area contributed by atoms with Crippen molar-refractivity contribution < 1.29 is 23.0 Å². The number of ether oxygens (including phenoxy) is 1. The van der Waals surface area contributed by atoms with Crippen LogP contribution in [0.15, 0.2) is 46.8 Å². The van der Waals surface area contributed by atoms with Crippen LogP contribution in [-0.4, -0.2) is 37.1 Å². The molecule has 5 nitrogen and oxygen atoms in total. The summed E-state index contributed by atoms with van der Waals surface area (Å²) in [7, 11) is 0. The van der Waals surface area contributed by atoms with Crippen LogP contribution in [0.3, 0.4) is 0 Å². The second kappa shape index (κ2) is 12.9. The number of hydrogen-bond donors (Lipinski definition) is 3. The average Bonchev–Trinajstić information content (AvgIpc) is 3.16. The van der Waals surface area contributed by atoms with E-state index in [4.69, 9.17) is 0 Å². The molecule has 29 heavy (non-hydrogen) atoms. The van der Waals surface area contributed by atoms with Crippen LogP contribution in [0.5, 0.6) is 5.75 Å². The fourth-order valence-electron chi connectivity index (χ4n) is 2.50. The van der Waals surface area contributed by atoms with Gasteiger partial charge in [-0.2, -0.15) is 0 Å². The molecular formula is C19H25F3IN3O2S. The third kappa shape index (κ3) is 10.2. The Kier molecular flexibility index (Phi) is 11.4. The lowest BCUT2D eigenvalue weighted by Crippen LogP contribution is -2.40. The van der Waals surface area contributed by atoms with E-state index in [-0.39, 0.29) is 42.3 Å². The highest BCUT2D eigenvalue weighted by Crippen LogP contribution is 2.23. The van der Waals surface area contributed by atoms with Crippen LogP contribution in [-0.2, 0) is 13.0 Å². The summed E-state index contributed by atoms with van der Waals surface area (Å²) in [5.74, 6) is 0.285. The number of nitrogens with zero attached hydrogens (tertiary/aromatic N) is 1. The summed E-state index contributed by atoms with van der Waals surface area (Å²) in [4.78, 5) is 5.67. The maximum Gasteiger partial charge on any atom is 0.573 e. The quantitative estimate of drug-likeness (QED) is 0.253. The number of hydrogen-bond acceptors (Lipinski definition) is 4. The largest absolute Gasteiger partial charge is 0.573 e. The number of nitrogens with one attached hydrogen (secondary N) is 2. The zero-order valence-electron chi connectivity index (χ0n) is 15.9. The summed E-state index contributed by atoms with van der Waals surface area (Å²) < 4.78 is 40.5. The minimum absolute atomic E-state index is 0. The van der Waals surface area contributed by atoms with Crippen molar-refractivity contribution in [3.8, 4) is 5.75 Å². The minimum Gasteiger partial charge on any atom is -0.406 e. The third-order valence-electron chi connectivity index (χ3n) is 3.82. The van der Waals surface area contributed by atoms with Gasteiger partial charge in [0.15, 0.2) is 5.96 Å². The molecule has 0 aliphatic heterocycles. The third-order valence-corrected chi connectivity index (χ3v) is 4.68. The number of thiophene rings is 1. The molecule has 0 aliphatic rings.